The number of anilines is 1. The molecule has 10 nitrogen and oxygen atoms in total. The first kappa shape index (κ1) is 26.0. The first-order valence-corrected chi connectivity index (χ1v) is 12.9. The molecule has 2 fully saturated rings. The van der Waals surface area contributed by atoms with Gasteiger partial charge in [0.1, 0.15) is 11.5 Å². The second-order valence-corrected chi connectivity index (χ2v) is 9.90. The minimum absolute atomic E-state index is 0.0615. The quantitative estimate of drug-likeness (QED) is 0.341. The van der Waals surface area contributed by atoms with Crippen LogP contribution in [0.4, 0.5) is 18.9 Å². The number of alkyl halides is 2. The molecule has 0 N–H and O–H groups in total. The highest BCUT2D eigenvalue weighted by atomic mass is 19.3. The van der Waals surface area contributed by atoms with Gasteiger partial charge in [0, 0.05) is 42.7 Å². The highest BCUT2D eigenvalue weighted by Crippen LogP contribution is 2.28. The van der Waals surface area contributed by atoms with Crippen LogP contribution in [0.1, 0.15) is 30.9 Å². The largest absolute Gasteiger partial charge is 0.415 e. The lowest BCUT2D eigenvalue weighted by Crippen LogP contribution is -2.49. The number of imidazole rings is 1. The van der Waals surface area contributed by atoms with Gasteiger partial charge in [-0.1, -0.05) is 6.07 Å². The number of fused-ring (bicyclic) bond motifs is 1. The van der Waals surface area contributed by atoms with E-state index in [0.717, 1.165) is 0 Å². The third-order valence-corrected chi connectivity index (χ3v) is 7.23. The second-order valence-electron chi connectivity index (χ2n) is 9.90. The van der Waals surface area contributed by atoms with Gasteiger partial charge in [-0.2, -0.15) is 8.78 Å². The normalized spacial score (nSPS) is 16.4. The van der Waals surface area contributed by atoms with Crippen molar-refractivity contribution in [1.82, 2.24) is 24.5 Å². The molecule has 6 rings (SSSR count). The zero-order chi connectivity index (χ0) is 27.8. The lowest BCUT2D eigenvalue weighted by Gasteiger charge is -2.37. The van der Waals surface area contributed by atoms with Crippen molar-refractivity contribution in [1.29, 1.82) is 0 Å². The number of ether oxygens (including phenoxy) is 1. The van der Waals surface area contributed by atoms with Crippen molar-refractivity contribution in [2.45, 2.75) is 25.8 Å². The first-order chi connectivity index (χ1) is 19.4. The molecule has 40 heavy (non-hydrogen) atoms. The number of benzene rings is 1. The Morgan fingerprint density at radius 2 is 1.88 bits per heavy atom. The molecule has 13 heteroatoms. The fourth-order valence-electron chi connectivity index (χ4n) is 4.99. The lowest BCUT2D eigenvalue weighted by molar-refractivity contribution is -0.152. The van der Waals surface area contributed by atoms with E-state index in [1.54, 1.807) is 46.0 Å². The number of carbonyl (C=O) groups excluding carboxylic acids is 2. The molecule has 0 aliphatic carbocycles. The summed E-state index contributed by atoms with van der Waals surface area (Å²) in [6.45, 7) is 1.91. The molecule has 0 saturated carbocycles. The predicted octanol–water partition coefficient (Wildman–Crippen LogP) is 3.88. The number of nitrogens with zero attached hydrogens (tertiary/aromatic N) is 6. The van der Waals surface area contributed by atoms with Crippen LogP contribution in [-0.4, -0.2) is 62.6 Å². The number of pyridine rings is 1. The number of hydrogen-bond donors (Lipinski definition) is 0. The van der Waals surface area contributed by atoms with E-state index in [0.29, 0.717) is 61.7 Å². The van der Waals surface area contributed by atoms with Crippen molar-refractivity contribution in [2.24, 2.45) is 11.8 Å². The Bertz CT molecular complexity index is 1540. The van der Waals surface area contributed by atoms with E-state index < -0.39 is 18.1 Å². The molecule has 1 aromatic carbocycles. The van der Waals surface area contributed by atoms with E-state index in [2.05, 4.69) is 15.2 Å². The number of aromatic nitrogens is 4. The van der Waals surface area contributed by atoms with E-state index in [9.17, 15) is 22.8 Å². The van der Waals surface area contributed by atoms with Gasteiger partial charge in [-0.05, 0) is 43.2 Å². The average Bonchev–Trinajstić information content (AvgIpc) is 3.57. The average molecular weight is 555 g/mol. The Balaban J connectivity index is 1.22. The van der Waals surface area contributed by atoms with Gasteiger partial charge < -0.3 is 23.4 Å². The highest BCUT2D eigenvalue weighted by molar-refractivity contribution is 5.95. The van der Waals surface area contributed by atoms with Crippen LogP contribution < -0.4 is 4.90 Å². The summed E-state index contributed by atoms with van der Waals surface area (Å²) >= 11 is 0. The number of halogens is 3. The number of rotatable bonds is 7. The van der Waals surface area contributed by atoms with Crippen molar-refractivity contribution in [2.75, 3.05) is 31.2 Å². The monoisotopic (exact) mass is 554 g/mol. The van der Waals surface area contributed by atoms with E-state index >= 15 is 0 Å². The van der Waals surface area contributed by atoms with E-state index in [1.807, 2.05) is 0 Å². The Labute approximate surface area is 226 Å². The highest BCUT2D eigenvalue weighted by Gasteiger charge is 2.35. The van der Waals surface area contributed by atoms with Crippen LogP contribution in [0.15, 0.2) is 53.2 Å². The Morgan fingerprint density at radius 1 is 1.07 bits per heavy atom. The summed E-state index contributed by atoms with van der Waals surface area (Å²) in [5, 5.41) is 7.03. The van der Waals surface area contributed by atoms with Gasteiger partial charge in [-0.15, -0.1) is 10.2 Å². The molecule has 2 aliphatic heterocycles. The minimum Gasteiger partial charge on any atom is -0.415 e. The summed E-state index contributed by atoms with van der Waals surface area (Å²) < 4.78 is 51.8. The van der Waals surface area contributed by atoms with Gasteiger partial charge in [0.05, 0.1) is 31.4 Å². The van der Waals surface area contributed by atoms with Gasteiger partial charge in [0.25, 0.3) is 5.89 Å². The first-order valence-electron chi connectivity index (χ1n) is 12.9. The van der Waals surface area contributed by atoms with E-state index in [4.69, 9.17) is 9.15 Å². The van der Waals surface area contributed by atoms with E-state index in [-0.39, 0.29) is 36.1 Å². The zero-order valence-electron chi connectivity index (χ0n) is 21.3. The number of amides is 2. The smallest absolute Gasteiger partial charge is 0.314 e. The molecule has 3 aromatic heterocycles. The fourth-order valence-corrected chi connectivity index (χ4v) is 4.99. The van der Waals surface area contributed by atoms with Crippen molar-refractivity contribution in [3.8, 4) is 11.5 Å². The maximum absolute atomic E-state index is 14.2. The van der Waals surface area contributed by atoms with Gasteiger partial charge in [-0.3, -0.25) is 9.59 Å². The molecule has 0 radical (unpaired) electrons. The topological polar surface area (TPSA) is 106 Å². The van der Waals surface area contributed by atoms with Crippen LogP contribution in [-0.2, 0) is 20.9 Å². The number of hydrogen-bond acceptors (Lipinski definition) is 7. The SMILES string of the molecule is O=C(C1COC1)N1CCC(C(=O)N(Cc2cn3ccc(-c4nnc(C(F)F)o4)cc3n2)c2cccc(F)c2)CC1. The van der Waals surface area contributed by atoms with Crippen molar-refractivity contribution in [3.05, 3.63) is 66.2 Å². The predicted molar refractivity (Wildman–Crippen MR) is 135 cm³/mol. The van der Waals surface area contributed by atoms with Crippen LogP contribution >= 0.6 is 0 Å². The van der Waals surface area contributed by atoms with Gasteiger partial charge in [0.2, 0.25) is 17.7 Å². The van der Waals surface area contributed by atoms with Crippen LogP contribution in [0.25, 0.3) is 17.1 Å². The molecular formula is C27H25F3N6O4. The molecule has 4 aromatic rings. The summed E-state index contributed by atoms with van der Waals surface area (Å²) in [6, 6.07) is 9.06. The number of likely N-dealkylation sites (tertiary alicyclic amines) is 1. The summed E-state index contributed by atoms with van der Waals surface area (Å²) in [7, 11) is 0. The van der Waals surface area contributed by atoms with Crippen molar-refractivity contribution < 1.29 is 31.9 Å². The van der Waals surface area contributed by atoms with Crippen LogP contribution in [0.5, 0.6) is 0 Å². The van der Waals surface area contributed by atoms with Crippen molar-refractivity contribution >= 4 is 23.1 Å². The Kier molecular flexibility index (Phi) is 6.96. The summed E-state index contributed by atoms with van der Waals surface area (Å²) in [4.78, 5) is 34.2. The minimum atomic E-state index is -2.88. The van der Waals surface area contributed by atoms with Crippen LogP contribution in [0.3, 0.4) is 0 Å². The van der Waals surface area contributed by atoms with Gasteiger partial charge >= 0.3 is 6.43 Å². The molecule has 0 spiro atoms. The molecule has 0 bridgehead atoms. The number of carbonyl (C=O) groups is 2. The maximum Gasteiger partial charge on any atom is 0.314 e. The molecule has 2 amide bonds. The summed E-state index contributed by atoms with van der Waals surface area (Å²) in [6.07, 6.45) is 1.53. The van der Waals surface area contributed by atoms with E-state index in [1.165, 1.54) is 17.0 Å². The maximum atomic E-state index is 14.2. The molecule has 208 valence electrons. The zero-order valence-corrected chi connectivity index (χ0v) is 21.3. The van der Waals surface area contributed by atoms with Gasteiger partial charge in [-0.25, -0.2) is 9.37 Å². The number of piperidine rings is 1. The second kappa shape index (κ2) is 10.7. The van der Waals surface area contributed by atoms with Crippen LogP contribution in [0.2, 0.25) is 0 Å². The third-order valence-electron chi connectivity index (χ3n) is 7.23. The Hall–Kier alpha value is -4.26. The van der Waals surface area contributed by atoms with Crippen molar-refractivity contribution in [3.63, 3.8) is 0 Å². The fraction of sp³-hybridized carbons (Fsp3) is 0.370. The molecule has 0 atom stereocenters. The molecule has 2 aliphatic rings. The molecule has 5 heterocycles. The van der Waals surface area contributed by atoms with Crippen LogP contribution in [0, 0.1) is 17.7 Å². The summed E-state index contributed by atoms with van der Waals surface area (Å²) in [5.74, 6) is -1.85. The molecular weight excluding hydrogens is 529 g/mol. The molecule has 2 saturated heterocycles. The standard InChI is InChI=1S/C27H25F3N6O4/c28-19-2-1-3-21(11-19)36(27(38)16-4-7-34(8-5-16)26(37)18-14-39-15-18)13-20-12-35-9-6-17(10-22(35)31-20)24-32-33-25(40-24)23(29)30/h1-3,6,9-12,16,18,23H,4-5,7-8,13-15H2. The Morgan fingerprint density at radius 3 is 2.55 bits per heavy atom. The lowest BCUT2D eigenvalue weighted by atomic mass is 9.93. The molecule has 0 unspecified atom stereocenters. The van der Waals surface area contributed by atoms with Gasteiger partial charge in [0.15, 0.2) is 0 Å². The summed E-state index contributed by atoms with van der Waals surface area (Å²) in [5.41, 5.74) is 1.82. The third kappa shape index (κ3) is 5.16.